The highest BCUT2D eigenvalue weighted by atomic mass is 16.3. The van der Waals surface area contributed by atoms with E-state index in [1.165, 1.54) is 11.1 Å². The van der Waals surface area contributed by atoms with Gasteiger partial charge in [-0.05, 0) is 113 Å². The Kier molecular flexibility index (Phi) is 15.5. The van der Waals surface area contributed by atoms with Gasteiger partial charge in [0, 0.05) is 98.7 Å². The summed E-state index contributed by atoms with van der Waals surface area (Å²) in [6, 6.07) is 28.4. The number of aliphatic hydroxyl groups is 2. The van der Waals surface area contributed by atoms with Crippen LogP contribution in [0.4, 0.5) is 0 Å². The van der Waals surface area contributed by atoms with Crippen molar-refractivity contribution < 1.29 is 19.8 Å². The lowest BCUT2D eigenvalue weighted by Crippen LogP contribution is -2.52. The molecule has 0 saturated carbocycles. The van der Waals surface area contributed by atoms with E-state index in [0.717, 1.165) is 76.1 Å². The number of carbonyl (C=O) groups is 2. The quantitative estimate of drug-likeness (QED) is 0.161. The molecule has 8 atom stereocenters. The SMILES string of the molecule is C/C=C/c1ccc2n(c1=O)C[C@H]1[C@H](CO)[C@@H](C(=O)N3CCC(Cc4ccccc4)CC3)N(CC)[C@@H]21.C/C=C\c1ccc2n(c1=O)C[C@H]1[C@H](CO)[C@@H](C(=O)N3CCC(Cc4ccccc4)CC3)N(CC)[C@@H]21. The lowest BCUT2D eigenvalue weighted by Gasteiger charge is -2.37. The maximum absolute atomic E-state index is 13.8. The van der Waals surface area contributed by atoms with Crippen molar-refractivity contribution in [2.24, 2.45) is 35.5 Å². The first-order valence-corrected chi connectivity index (χ1v) is 26.3. The average molecular weight is 951 g/mol. The van der Waals surface area contributed by atoms with Gasteiger partial charge in [0.05, 0.1) is 24.2 Å². The Balaban J connectivity index is 0.000000174. The Morgan fingerprint density at radius 1 is 0.557 bits per heavy atom. The second-order valence-electron chi connectivity index (χ2n) is 20.6. The summed E-state index contributed by atoms with van der Waals surface area (Å²) in [4.78, 5) is 62.4. The molecular formula is C58H74N6O6. The first-order valence-electron chi connectivity index (χ1n) is 26.3. The first-order chi connectivity index (χ1) is 34.1. The molecule has 8 heterocycles. The summed E-state index contributed by atoms with van der Waals surface area (Å²) in [5.41, 5.74) is 6.10. The molecule has 372 valence electrons. The number of likely N-dealkylation sites (tertiary alicyclic amines) is 4. The molecule has 12 nitrogen and oxygen atoms in total. The molecule has 0 bridgehead atoms. The molecule has 2 amide bonds. The molecule has 10 rings (SSSR count). The predicted molar refractivity (Wildman–Crippen MR) is 276 cm³/mol. The summed E-state index contributed by atoms with van der Waals surface area (Å²) < 4.78 is 3.73. The molecule has 0 spiro atoms. The summed E-state index contributed by atoms with van der Waals surface area (Å²) in [5.74, 6) is 1.31. The Labute approximate surface area is 413 Å². The number of fused-ring (bicyclic) bond motifs is 6. The average Bonchev–Trinajstić information content (AvgIpc) is 4.13. The number of piperidine rings is 2. The highest BCUT2D eigenvalue weighted by molar-refractivity contribution is 5.84. The number of pyridine rings is 2. The van der Waals surface area contributed by atoms with Crippen LogP contribution >= 0.6 is 0 Å². The topological polar surface area (TPSA) is 132 Å². The molecule has 4 aromatic rings. The zero-order chi connectivity index (χ0) is 49.1. The van der Waals surface area contributed by atoms with E-state index in [1.54, 1.807) is 0 Å². The van der Waals surface area contributed by atoms with Crippen molar-refractivity contribution >= 4 is 24.0 Å². The standard InChI is InChI=1S/2C29H37N3O3/c2*1-3-8-22-11-12-25-26-23(18-32(25)28(22)34)24(19-33)27(31(26)4-2)29(35)30-15-13-21(14-16-30)17-20-9-6-5-7-10-20/h2*3,5-12,21,23-24,26-27,33H,4,13-19H2,1-2H3/b8-3+;8-3-/t2*23-,24-,26+,27-/m00/s1. The highest BCUT2D eigenvalue weighted by Gasteiger charge is 2.57. The molecule has 6 aliphatic heterocycles. The number of likely N-dealkylation sites (N-methyl/N-ethyl adjacent to an activating group) is 2. The second-order valence-corrected chi connectivity index (χ2v) is 20.6. The Bertz CT molecular complexity index is 2450. The van der Waals surface area contributed by atoms with Gasteiger partial charge in [-0.2, -0.15) is 0 Å². The predicted octanol–water partition coefficient (Wildman–Crippen LogP) is 6.69. The van der Waals surface area contributed by atoms with Gasteiger partial charge in [-0.25, -0.2) is 0 Å². The fourth-order valence-corrected chi connectivity index (χ4v) is 13.6. The lowest BCUT2D eigenvalue weighted by atomic mass is 9.86. The third-order valence-electron chi connectivity index (χ3n) is 17.0. The molecule has 0 aliphatic carbocycles. The molecule has 2 aromatic heterocycles. The summed E-state index contributed by atoms with van der Waals surface area (Å²) >= 11 is 0. The molecule has 0 unspecified atom stereocenters. The van der Waals surface area contributed by atoms with Crippen molar-refractivity contribution in [3.8, 4) is 0 Å². The minimum atomic E-state index is -0.329. The minimum Gasteiger partial charge on any atom is -0.396 e. The number of rotatable bonds is 12. The van der Waals surface area contributed by atoms with Crippen LogP contribution in [0.2, 0.25) is 0 Å². The molecular weight excluding hydrogens is 877 g/mol. The van der Waals surface area contributed by atoms with Gasteiger partial charge in [-0.1, -0.05) is 98.8 Å². The van der Waals surface area contributed by atoms with E-state index in [0.29, 0.717) is 49.1 Å². The van der Waals surface area contributed by atoms with Gasteiger partial charge in [0.1, 0.15) is 0 Å². The second kappa shape index (κ2) is 21.9. The summed E-state index contributed by atoms with van der Waals surface area (Å²) in [7, 11) is 0. The van der Waals surface area contributed by atoms with Crippen molar-refractivity contribution in [1.82, 2.24) is 28.7 Å². The summed E-state index contributed by atoms with van der Waals surface area (Å²) in [6.45, 7) is 13.6. The van der Waals surface area contributed by atoms with Crippen molar-refractivity contribution in [3.63, 3.8) is 0 Å². The van der Waals surface area contributed by atoms with E-state index < -0.39 is 0 Å². The van der Waals surface area contributed by atoms with Crippen molar-refractivity contribution in [2.45, 2.75) is 103 Å². The normalized spacial score (nSPS) is 26.9. The van der Waals surface area contributed by atoms with E-state index >= 15 is 0 Å². The van der Waals surface area contributed by atoms with Crippen LogP contribution in [-0.2, 0) is 35.5 Å². The molecule has 2 N–H and O–H groups in total. The van der Waals surface area contributed by atoms with Crippen LogP contribution in [0.3, 0.4) is 0 Å². The molecule has 0 radical (unpaired) electrons. The number of benzene rings is 2. The van der Waals surface area contributed by atoms with E-state index in [4.69, 9.17) is 0 Å². The fourth-order valence-electron chi connectivity index (χ4n) is 13.6. The van der Waals surface area contributed by atoms with Gasteiger partial charge in [-0.15, -0.1) is 0 Å². The van der Waals surface area contributed by atoms with Crippen molar-refractivity contribution in [1.29, 1.82) is 0 Å². The van der Waals surface area contributed by atoms with E-state index in [-0.39, 0.29) is 84.0 Å². The number of carbonyl (C=O) groups excluding carboxylic acids is 2. The van der Waals surface area contributed by atoms with Gasteiger partial charge in [0.2, 0.25) is 11.8 Å². The van der Waals surface area contributed by atoms with E-state index in [9.17, 15) is 29.4 Å². The largest absolute Gasteiger partial charge is 0.396 e. The molecule has 4 fully saturated rings. The van der Waals surface area contributed by atoms with Crippen LogP contribution in [0.1, 0.15) is 99.1 Å². The minimum absolute atomic E-state index is 0.00549. The maximum Gasteiger partial charge on any atom is 0.258 e. The monoisotopic (exact) mass is 951 g/mol. The Morgan fingerprint density at radius 3 is 1.26 bits per heavy atom. The third-order valence-corrected chi connectivity index (χ3v) is 17.0. The van der Waals surface area contributed by atoms with E-state index in [2.05, 4.69) is 84.3 Å². The Hall–Kier alpha value is -5.40. The first kappa shape index (κ1) is 49.6. The van der Waals surface area contributed by atoms with Gasteiger partial charge < -0.3 is 29.1 Å². The van der Waals surface area contributed by atoms with Crippen LogP contribution in [0.25, 0.3) is 12.2 Å². The highest BCUT2D eigenvalue weighted by Crippen LogP contribution is 2.51. The molecule has 2 aromatic carbocycles. The molecule has 12 heteroatoms. The van der Waals surface area contributed by atoms with Crippen LogP contribution in [0.15, 0.2) is 107 Å². The number of nitrogens with zero attached hydrogens (tertiary/aromatic N) is 6. The summed E-state index contributed by atoms with van der Waals surface area (Å²) in [6.07, 6.45) is 13.7. The van der Waals surface area contributed by atoms with Crippen molar-refractivity contribution in [2.75, 3.05) is 52.5 Å². The number of hydrogen-bond donors (Lipinski definition) is 2. The van der Waals surface area contributed by atoms with Crippen molar-refractivity contribution in [3.05, 3.63) is 151 Å². The van der Waals surface area contributed by atoms with E-state index in [1.807, 2.05) is 81.4 Å². The van der Waals surface area contributed by atoms with Crippen LogP contribution in [0.5, 0.6) is 0 Å². The molecule has 70 heavy (non-hydrogen) atoms. The van der Waals surface area contributed by atoms with Gasteiger partial charge in [0.25, 0.3) is 11.1 Å². The number of aromatic nitrogens is 2. The number of allylic oxidation sites excluding steroid dienone is 2. The third kappa shape index (κ3) is 9.44. The molecule has 6 aliphatic rings. The smallest absolute Gasteiger partial charge is 0.258 e. The number of hydrogen-bond acceptors (Lipinski definition) is 8. The van der Waals surface area contributed by atoms with Crippen LogP contribution in [0, 0.1) is 35.5 Å². The Morgan fingerprint density at radius 2 is 0.929 bits per heavy atom. The van der Waals surface area contributed by atoms with Crippen LogP contribution < -0.4 is 11.1 Å². The zero-order valence-corrected chi connectivity index (χ0v) is 41.7. The maximum atomic E-state index is 13.8. The van der Waals surface area contributed by atoms with Gasteiger partial charge in [0.15, 0.2) is 0 Å². The summed E-state index contributed by atoms with van der Waals surface area (Å²) in [5, 5.41) is 20.9. The fraction of sp³-hybridized carbons (Fsp3) is 0.517. The molecule has 4 saturated heterocycles. The number of amides is 2. The van der Waals surface area contributed by atoms with Gasteiger partial charge >= 0.3 is 0 Å². The number of aliphatic hydroxyl groups excluding tert-OH is 2. The van der Waals surface area contributed by atoms with Crippen LogP contribution in [-0.4, -0.2) is 115 Å². The zero-order valence-electron chi connectivity index (χ0n) is 41.7. The lowest BCUT2D eigenvalue weighted by molar-refractivity contribution is -0.140. The van der Waals surface area contributed by atoms with Gasteiger partial charge in [-0.3, -0.25) is 29.0 Å².